The fourth-order valence-electron chi connectivity index (χ4n) is 2.05. The van der Waals surface area contributed by atoms with Crippen molar-refractivity contribution in [2.24, 2.45) is 0 Å². The molecule has 0 saturated carbocycles. The standard InChI is InChI=1S/C15H16N2O4S/c1-9-3-4-10(2)11(7-9)20-8-13-16-17-15(21-13)22-12-5-6-19-14(12)18/h3-4,7,12H,5-6,8H2,1-2H3/t12-/m1/s1. The number of thioether (sulfide) groups is 1. The lowest BCUT2D eigenvalue weighted by Gasteiger charge is -2.07. The first-order chi connectivity index (χ1) is 10.6. The van der Waals surface area contributed by atoms with Crippen molar-refractivity contribution in [3.8, 4) is 5.75 Å². The van der Waals surface area contributed by atoms with Crippen molar-refractivity contribution in [2.75, 3.05) is 6.61 Å². The molecule has 0 unspecified atom stereocenters. The number of ether oxygens (including phenoxy) is 2. The molecule has 6 nitrogen and oxygen atoms in total. The lowest BCUT2D eigenvalue weighted by molar-refractivity contribution is -0.137. The fourth-order valence-corrected chi connectivity index (χ4v) is 2.91. The number of aryl methyl sites for hydroxylation is 2. The van der Waals surface area contributed by atoms with Gasteiger partial charge in [0, 0.05) is 6.42 Å². The Bertz CT molecular complexity index is 686. The number of rotatable bonds is 5. The summed E-state index contributed by atoms with van der Waals surface area (Å²) in [6, 6.07) is 6.01. The topological polar surface area (TPSA) is 74.5 Å². The van der Waals surface area contributed by atoms with Crippen molar-refractivity contribution in [1.82, 2.24) is 10.2 Å². The highest BCUT2D eigenvalue weighted by Gasteiger charge is 2.29. The lowest BCUT2D eigenvalue weighted by Crippen LogP contribution is -2.09. The molecule has 1 saturated heterocycles. The Balaban J connectivity index is 1.59. The summed E-state index contributed by atoms with van der Waals surface area (Å²) < 4.78 is 16.1. The second kappa shape index (κ2) is 6.39. The smallest absolute Gasteiger partial charge is 0.319 e. The van der Waals surface area contributed by atoms with Crippen LogP contribution < -0.4 is 4.74 Å². The van der Waals surface area contributed by atoms with Gasteiger partial charge in [-0.25, -0.2) is 0 Å². The summed E-state index contributed by atoms with van der Waals surface area (Å²) in [5, 5.41) is 7.97. The molecule has 0 amide bonds. The number of aromatic nitrogens is 2. The van der Waals surface area contributed by atoms with E-state index >= 15 is 0 Å². The largest absolute Gasteiger partial charge is 0.484 e. The zero-order chi connectivity index (χ0) is 15.5. The summed E-state index contributed by atoms with van der Waals surface area (Å²) in [5.41, 5.74) is 2.18. The molecule has 7 heteroatoms. The highest BCUT2D eigenvalue weighted by Crippen LogP contribution is 2.28. The maximum Gasteiger partial charge on any atom is 0.319 e. The average Bonchev–Trinajstić information content (AvgIpc) is 3.10. The number of benzene rings is 1. The van der Waals surface area contributed by atoms with Crippen molar-refractivity contribution in [3.63, 3.8) is 0 Å². The molecular formula is C15H16N2O4S. The van der Waals surface area contributed by atoms with Crippen LogP contribution in [0.25, 0.3) is 0 Å². The van der Waals surface area contributed by atoms with E-state index < -0.39 is 0 Å². The second-order valence-corrected chi connectivity index (χ2v) is 6.24. The first-order valence-corrected chi connectivity index (χ1v) is 7.85. The molecule has 1 aliphatic heterocycles. The molecule has 3 rings (SSSR count). The monoisotopic (exact) mass is 320 g/mol. The van der Waals surface area contributed by atoms with E-state index in [1.807, 2.05) is 32.0 Å². The molecule has 1 aromatic carbocycles. The van der Waals surface area contributed by atoms with Crippen LogP contribution in [0, 0.1) is 13.8 Å². The van der Waals surface area contributed by atoms with Crippen LogP contribution in [-0.4, -0.2) is 28.0 Å². The Morgan fingerprint density at radius 3 is 3.00 bits per heavy atom. The summed E-state index contributed by atoms with van der Waals surface area (Å²) in [5.74, 6) is 0.956. The molecule has 1 atom stereocenters. The summed E-state index contributed by atoms with van der Waals surface area (Å²) in [7, 11) is 0. The number of hydrogen-bond donors (Lipinski definition) is 0. The van der Waals surface area contributed by atoms with Gasteiger partial charge in [-0.3, -0.25) is 4.79 Å². The van der Waals surface area contributed by atoms with Gasteiger partial charge in [-0.15, -0.1) is 10.2 Å². The van der Waals surface area contributed by atoms with Crippen molar-refractivity contribution in [2.45, 2.75) is 37.3 Å². The summed E-state index contributed by atoms with van der Waals surface area (Å²) >= 11 is 1.24. The van der Waals surface area contributed by atoms with Gasteiger partial charge in [0.2, 0.25) is 0 Å². The van der Waals surface area contributed by atoms with Gasteiger partial charge in [0.1, 0.15) is 11.0 Å². The highest BCUT2D eigenvalue weighted by atomic mass is 32.2. The van der Waals surface area contributed by atoms with E-state index in [0.717, 1.165) is 16.9 Å². The van der Waals surface area contributed by atoms with Crippen molar-refractivity contribution in [3.05, 3.63) is 35.2 Å². The lowest BCUT2D eigenvalue weighted by atomic mass is 10.1. The summed E-state index contributed by atoms with van der Waals surface area (Å²) in [6.45, 7) is 4.64. The Kier molecular flexibility index (Phi) is 4.33. The third kappa shape index (κ3) is 3.41. The average molecular weight is 320 g/mol. The van der Waals surface area contributed by atoms with E-state index in [-0.39, 0.29) is 17.8 Å². The second-order valence-electron chi connectivity index (χ2n) is 5.08. The third-order valence-corrected chi connectivity index (χ3v) is 4.35. The Morgan fingerprint density at radius 2 is 2.23 bits per heavy atom. The van der Waals surface area contributed by atoms with Gasteiger partial charge in [-0.2, -0.15) is 0 Å². The number of nitrogens with zero attached hydrogens (tertiary/aromatic N) is 2. The molecule has 0 spiro atoms. The molecule has 0 radical (unpaired) electrons. The quantitative estimate of drug-likeness (QED) is 0.784. The van der Waals surface area contributed by atoms with E-state index in [2.05, 4.69) is 10.2 Å². The van der Waals surface area contributed by atoms with Gasteiger partial charge in [0.05, 0.1) is 6.61 Å². The number of carbonyl (C=O) groups is 1. The van der Waals surface area contributed by atoms with Crippen LogP contribution in [0.1, 0.15) is 23.4 Å². The Morgan fingerprint density at radius 1 is 1.36 bits per heavy atom. The summed E-state index contributed by atoms with van der Waals surface area (Å²) in [4.78, 5) is 11.4. The van der Waals surface area contributed by atoms with Gasteiger partial charge in [-0.05, 0) is 42.8 Å². The van der Waals surface area contributed by atoms with Crippen LogP contribution in [0.4, 0.5) is 0 Å². The normalized spacial score (nSPS) is 17.5. The first-order valence-electron chi connectivity index (χ1n) is 6.97. The van der Waals surface area contributed by atoms with Crippen molar-refractivity contribution < 1.29 is 18.7 Å². The minimum absolute atomic E-state index is 0.201. The van der Waals surface area contributed by atoms with Crippen molar-refractivity contribution >= 4 is 17.7 Å². The van der Waals surface area contributed by atoms with Gasteiger partial charge in [0.15, 0.2) is 6.61 Å². The van der Waals surface area contributed by atoms with Gasteiger partial charge >= 0.3 is 5.97 Å². The first kappa shape index (κ1) is 14.9. The number of esters is 1. The SMILES string of the molecule is Cc1ccc(C)c(OCc2nnc(S[C@@H]3CCOC3=O)o2)c1. The molecule has 0 bridgehead atoms. The summed E-state index contributed by atoms with van der Waals surface area (Å²) in [6.07, 6.45) is 0.667. The molecule has 1 fully saturated rings. The van der Waals surface area contributed by atoms with E-state index in [1.54, 1.807) is 0 Å². The maximum atomic E-state index is 11.4. The predicted molar refractivity (Wildman–Crippen MR) is 79.8 cm³/mol. The van der Waals surface area contributed by atoms with E-state index in [4.69, 9.17) is 13.9 Å². The number of hydrogen-bond acceptors (Lipinski definition) is 7. The Labute approximate surface area is 132 Å². The molecule has 0 aliphatic carbocycles. The van der Waals surface area contributed by atoms with Crippen LogP contribution in [0.2, 0.25) is 0 Å². The van der Waals surface area contributed by atoms with Gasteiger partial charge in [-0.1, -0.05) is 12.1 Å². The van der Waals surface area contributed by atoms with Crippen LogP contribution in [0.15, 0.2) is 27.8 Å². The van der Waals surface area contributed by atoms with Crippen LogP contribution >= 0.6 is 11.8 Å². The van der Waals surface area contributed by atoms with E-state index in [1.165, 1.54) is 11.8 Å². The van der Waals surface area contributed by atoms with Crippen LogP contribution in [0.3, 0.4) is 0 Å². The van der Waals surface area contributed by atoms with Crippen LogP contribution in [0.5, 0.6) is 5.75 Å². The molecule has 2 aromatic rings. The molecule has 116 valence electrons. The molecular weight excluding hydrogens is 304 g/mol. The Hall–Kier alpha value is -2.02. The van der Waals surface area contributed by atoms with Gasteiger partial charge < -0.3 is 13.9 Å². The van der Waals surface area contributed by atoms with Crippen molar-refractivity contribution in [1.29, 1.82) is 0 Å². The fraction of sp³-hybridized carbons (Fsp3) is 0.400. The van der Waals surface area contributed by atoms with E-state index in [0.29, 0.717) is 24.1 Å². The number of carbonyl (C=O) groups excluding carboxylic acids is 1. The number of cyclic esters (lactones) is 1. The van der Waals surface area contributed by atoms with Gasteiger partial charge in [0.25, 0.3) is 11.1 Å². The third-order valence-electron chi connectivity index (χ3n) is 3.27. The predicted octanol–water partition coefficient (Wildman–Crippen LogP) is 2.67. The van der Waals surface area contributed by atoms with Crippen LogP contribution in [-0.2, 0) is 16.1 Å². The molecule has 1 aliphatic rings. The molecule has 2 heterocycles. The zero-order valence-electron chi connectivity index (χ0n) is 12.4. The molecule has 0 N–H and O–H groups in total. The highest BCUT2D eigenvalue weighted by molar-refractivity contribution is 8.00. The minimum Gasteiger partial charge on any atom is -0.484 e. The molecule has 1 aromatic heterocycles. The maximum absolute atomic E-state index is 11.4. The molecule has 22 heavy (non-hydrogen) atoms. The minimum atomic E-state index is -0.256. The zero-order valence-corrected chi connectivity index (χ0v) is 13.2. The van der Waals surface area contributed by atoms with E-state index in [9.17, 15) is 4.79 Å².